The summed E-state index contributed by atoms with van der Waals surface area (Å²) in [5, 5.41) is 17.7. The molecule has 3 heterocycles. The first-order valence-electron chi connectivity index (χ1n) is 9.67. The van der Waals surface area contributed by atoms with E-state index in [2.05, 4.69) is 10.2 Å². The van der Waals surface area contributed by atoms with Crippen molar-refractivity contribution in [3.05, 3.63) is 66.3 Å². The van der Waals surface area contributed by atoms with Gasteiger partial charge >= 0.3 is 0 Å². The average molecular weight is 412 g/mol. The molecule has 0 saturated carbocycles. The van der Waals surface area contributed by atoms with Gasteiger partial charge in [0.15, 0.2) is 5.65 Å². The van der Waals surface area contributed by atoms with Gasteiger partial charge in [-0.05, 0) is 30.7 Å². The van der Waals surface area contributed by atoms with Crippen molar-refractivity contribution in [3.63, 3.8) is 0 Å². The number of fused-ring (bicyclic) bond motifs is 1. The van der Waals surface area contributed by atoms with E-state index in [4.69, 9.17) is 10.1 Å². The third-order valence-corrected chi connectivity index (χ3v) is 5.16. The lowest BCUT2D eigenvalue weighted by Gasteiger charge is -2.29. The molecule has 156 valence electrons. The summed E-state index contributed by atoms with van der Waals surface area (Å²) in [6.07, 6.45) is 7.58. The summed E-state index contributed by atoms with van der Waals surface area (Å²) in [5.74, 6) is -0.306. The fraction of sp³-hybridized carbons (Fsp3) is 0.286. The summed E-state index contributed by atoms with van der Waals surface area (Å²) < 4.78 is 31.4. The van der Waals surface area contributed by atoms with Crippen molar-refractivity contribution in [3.8, 4) is 11.1 Å². The van der Waals surface area contributed by atoms with E-state index in [0.29, 0.717) is 30.0 Å². The summed E-state index contributed by atoms with van der Waals surface area (Å²) >= 11 is 0. The smallest absolute Gasteiger partial charge is 0.165 e. The van der Waals surface area contributed by atoms with Crippen molar-refractivity contribution < 1.29 is 13.9 Å². The molecule has 0 aliphatic heterocycles. The minimum atomic E-state index is -0.473. The molecule has 30 heavy (non-hydrogen) atoms. The largest absolute Gasteiger partial charge is 0.394 e. The van der Waals surface area contributed by atoms with Gasteiger partial charge in [0, 0.05) is 36.1 Å². The van der Waals surface area contributed by atoms with Crippen LogP contribution < -0.4 is 4.90 Å². The molecular weight excluding hydrogens is 390 g/mol. The van der Waals surface area contributed by atoms with Crippen molar-refractivity contribution in [1.82, 2.24) is 24.4 Å². The van der Waals surface area contributed by atoms with E-state index < -0.39 is 11.6 Å². The van der Waals surface area contributed by atoms with Gasteiger partial charge in [0.2, 0.25) is 0 Å². The van der Waals surface area contributed by atoms with Crippen molar-refractivity contribution in [2.75, 3.05) is 18.6 Å². The number of rotatable bonds is 7. The number of aliphatic hydroxyl groups is 1. The SMILES string of the molecule is CCC(c1cc(F)ccc1F)N(C)c1ccn2ncc(-c3cnn(CCO)c3)c2n1. The molecule has 1 unspecified atom stereocenters. The Balaban J connectivity index is 1.72. The molecule has 0 fully saturated rings. The Morgan fingerprint density at radius 2 is 2.00 bits per heavy atom. The first-order chi connectivity index (χ1) is 14.5. The zero-order valence-corrected chi connectivity index (χ0v) is 16.7. The van der Waals surface area contributed by atoms with Crippen LogP contribution in [0.1, 0.15) is 24.9 Å². The molecule has 7 nitrogen and oxygen atoms in total. The first kappa shape index (κ1) is 20.0. The lowest BCUT2D eigenvalue weighted by Crippen LogP contribution is -2.25. The number of nitrogens with zero attached hydrogens (tertiary/aromatic N) is 6. The lowest BCUT2D eigenvalue weighted by molar-refractivity contribution is 0.269. The van der Waals surface area contributed by atoms with Crippen LogP contribution >= 0.6 is 0 Å². The predicted octanol–water partition coefficient (Wildman–Crippen LogP) is 3.45. The Morgan fingerprint density at radius 1 is 1.17 bits per heavy atom. The Kier molecular flexibility index (Phi) is 5.45. The van der Waals surface area contributed by atoms with Crippen LogP contribution in [0.3, 0.4) is 0 Å². The Labute approximate surface area is 172 Å². The highest BCUT2D eigenvalue weighted by molar-refractivity contribution is 5.77. The van der Waals surface area contributed by atoms with Gasteiger partial charge < -0.3 is 10.0 Å². The Morgan fingerprint density at radius 3 is 2.77 bits per heavy atom. The third-order valence-electron chi connectivity index (χ3n) is 5.16. The van der Waals surface area contributed by atoms with Crippen LogP contribution in [0, 0.1) is 11.6 Å². The number of anilines is 1. The molecule has 1 aromatic carbocycles. The third kappa shape index (κ3) is 3.63. The van der Waals surface area contributed by atoms with Gasteiger partial charge in [-0.1, -0.05) is 6.92 Å². The summed E-state index contributed by atoms with van der Waals surface area (Å²) in [7, 11) is 1.81. The minimum absolute atomic E-state index is 0.00187. The van der Waals surface area contributed by atoms with Crippen LogP contribution in [-0.4, -0.2) is 43.1 Å². The van der Waals surface area contributed by atoms with E-state index in [1.165, 1.54) is 6.07 Å². The molecular formula is C21H22F2N6O. The van der Waals surface area contributed by atoms with E-state index in [0.717, 1.165) is 23.3 Å². The van der Waals surface area contributed by atoms with Crippen LogP contribution in [0.5, 0.6) is 0 Å². The second-order valence-corrected chi connectivity index (χ2v) is 7.03. The minimum Gasteiger partial charge on any atom is -0.394 e. The van der Waals surface area contributed by atoms with Gasteiger partial charge in [0.05, 0.1) is 31.6 Å². The fourth-order valence-corrected chi connectivity index (χ4v) is 3.62. The summed E-state index contributed by atoms with van der Waals surface area (Å²) in [5.41, 5.74) is 2.53. The van der Waals surface area contributed by atoms with E-state index in [-0.39, 0.29) is 12.6 Å². The molecule has 0 radical (unpaired) electrons. The molecule has 0 amide bonds. The molecule has 0 aliphatic rings. The number of hydrogen-bond acceptors (Lipinski definition) is 5. The van der Waals surface area contributed by atoms with Crippen molar-refractivity contribution >= 4 is 11.5 Å². The van der Waals surface area contributed by atoms with Gasteiger partial charge in [-0.15, -0.1) is 0 Å². The Hall–Kier alpha value is -3.33. The molecule has 9 heteroatoms. The maximum Gasteiger partial charge on any atom is 0.165 e. The van der Waals surface area contributed by atoms with Gasteiger partial charge in [-0.2, -0.15) is 10.2 Å². The van der Waals surface area contributed by atoms with Crippen molar-refractivity contribution in [2.24, 2.45) is 0 Å². The highest BCUT2D eigenvalue weighted by Gasteiger charge is 2.22. The molecule has 4 aromatic rings. The molecule has 1 atom stereocenters. The average Bonchev–Trinajstić information content (AvgIpc) is 3.37. The zero-order valence-electron chi connectivity index (χ0n) is 16.7. The monoisotopic (exact) mass is 412 g/mol. The molecule has 3 aromatic heterocycles. The van der Waals surface area contributed by atoms with E-state index in [1.807, 2.05) is 25.1 Å². The quantitative estimate of drug-likeness (QED) is 0.503. The lowest BCUT2D eigenvalue weighted by atomic mass is 10.0. The maximum absolute atomic E-state index is 14.4. The van der Waals surface area contributed by atoms with Crippen molar-refractivity contribution in [1.29, 1.82) is 0 Å². The Bertz CT molecular complexity index is 1170. The molecule has 0 bridgehead atoms. The van der Waals surface area contributed by atoms with E-state index in [1.54, 1.807) is 33.9 Å². The summed E-state index contributed by atoms with van der Waals surface area (Å²) in [6.45, 7) is 2.32. The highest BCUT2D eigenvalue weighted by atomic mass is 19.1. The topological polar surface area (TPSA) is 71.5 Å². The molecule has 0 aliphatic carbocycles. The van der Waals surface area contributed by atoms with E-state index in [9.17, 15) is 8.78 Å². The van der Waals surface area contributed by atoms with Crippen LogP contribution in [0.15, 0.2) is 49.1 Å². The number of hydrogen-bond donors (Lipinski definition) is 1. The summed E-state index contributed by atoms with van der Waals surface area (Å²) in [6, 6.07) is 4.91. The maximum atomic E-state index is 14.4. The van der Waals surface area contributed by atoms with Crippen LogP contribution in [0.2, 0.25) is 0 Å². The number of halogens is 2. The molecule has 0 spiro atoms. The second kappa shape index (κ2) is 8.19. The highest BCUT2D eigenvalue weighted by Crippen LogP contribution is 2.31. The molecule has 0 saturated heterocycles. The number of aromatic nitrogens is 5. The summed E-state index contributed by atoms with van der Waals surface area (Å²) in [4.78, 5) is 6.57. The van der Waals surface area contributed by atoms with Gasteiger partial charge in [0.1, 0.15) is 17.5 Å². The van der Waals surface area contributed by atoms with Gasteiger partial charge in [0.25, 0.3) is 0 Å². The van der Waals surface area contributed by atoms with Crippen LogP contribution in [-0.2, 0) is 6.54 Å². The van der Waals surface area contributed by atoms with E-state index >= 15 is 0 Å². The number of aliphatic hydroxyl groups excluding tert-OH is 1. The standard InChI is InChI=1S/C21H22F2N6O/c1-3-19(16-10-15(22)4-5-18(16)23)27(2)20-6-7-29-21(26-20)17(12-25-29)14-11-24-28(13-14)8-9-30/h4-7,10-13,19,30H,3,8-9H2,1-2H3. The fourth-order valence-electron chi connectivity index (χ4n) is 3.62. The van der Waals surface area contributed by atoms with Crippen molar-refractivity contribution in [2.45, 2.75) is 25.9 Å². The normalized spacial score (nSPS) is 12.4. The molecule has 4 rings (SSSR count). The zero-order chi connectivity index (χ0) is 21.3. The second-order valence-electron chi connectivity index (χ2n) is 7.03. The first-order valence-corrected chi connectivity index (χ1v) is 9.67. The van der Waals surface area contributed by atoms with Crippen LogP contribution in [0.25, 0.3) is 16.8 Å². The predicted molar refractivity (Wildman–Crippen MR) is 109 cm³/mol. The number of benzene rings is 1. The molecule has 1 N–H and O–H groups in total. The van der Waals surface area contributed by atoms with Crippen LogP contribution in [0.4, 0.5) is 14.6 Å². The van der Waals surface area contributed by atoms with Gasteiger partial charge in [-0.25, -0.2) is 18.3 Å². The van der Waals surface area contributed by atoms with Gasteiger partial charge in [-0.3, -0.25) is 4.68 Å².